The summed E-state index contributed by atoms with van der Waals surface area (Å²) < 4.78 is 11.9. The molecule has 1 aliphatic heterocycles. The SMILES string of the molecule is O=C(Nc1cnc2ccc(Cl)cc2c1N[C@@H]1CCO[C@H](COCc2ccccc2)C1)C1CCC1. The summed E-state index contributed by atoms with van der Waals surface area (Å²) in [5.41, 5.74) is 3.56. The summed E-state index contributed by atoms with van der Waals surface area (Å²) in [6.45, 7) is 1.77. The third-order valence-electron chi connectivity index (χ3n) is 6.69. The second-order valence-electron chi connectivity index (χ2n) is 9.18. The van der Waals surface area contributed by atoms with Crippen molar-refractivity contribution < 1.29 is 14.3 Å². The second kappa shape index (κ2) is 10.7. The molecule has 1 amide bonds. The Morgan fingerprint density at radius 2 is 2.00 bits per heavy atom. The summed E-state index contributed by atoms with van der Waals surface area (Å²) in [7, 11) is 0. The van der Waals surface area contributed by atoms with Gasteiger partial charge in [-0.1, -0.05) is 48.4 Å². The van der Waals surface area contributed by atoms with Crippen molar-refractivity contribution in [3.8, 4) is 0 Å². The zero-order valence-corrected chi connectivity index (χ0v) is 19.9. The number of rotatable bonds is 8. The minimum Gasteiger partial charge on any atom is -0.380 e. The molecular weight excluding hydrogens is 450 g/mol. The number of nitrogens with zero attached hydrogens (tertiary/aromatic N) is 1. The van der Waals surface area contributed by atoms with Crippen molar-refractivity contribution in [1.82, 2.24) is 4.98 Å². The number of nitrogens with one attached hydrogen (secondary N) is 2. The van der Waals surface area contributed by atoms with E-state index in [1.807, 2.05) is 36.4 Å². The number of carbonyl (C=O) groups excluding carboxylic acids is 1. The molecule has 0 radical (unpaired) electrons. The Balaban J connectivity index is 1.29. The highest BCUT2D eigenvalue weighted by Gasteiger charge is 2.28. The molecule has 5 rings (SSSR count). The van der Waals surface area contributed by atoms with Crippen molar-refractivity contribution >= 4 is 39.8 Å². The zero-order valence-electron chi connectivity index (χ0n) is 19.1. The van der Waals surface area contributed by atoms with Crippen LogP contribution in [0.2, 0.25) is 5.02 Å². The molecule has 7 heteroatoms. The molecule has 0 bridgehead atoms. The van der Waals surface area contributed by atoms with E-state index in [4.69, 9.17) is 21.1 Å². The number of ether oxygens (including phenoxy) is 2. The number of anilines is 2. The molecule has 178 valence electrons. The summed E-state index contributed by atoms with van der Waals surface area (Å²) in [6, 6.07) is 16.0. The van der Waals surface area contributed by atoms with Gasteiger partial charge in [-0.15, -0.1) is 0 Å². The molecule has 34 heavy (non-hydrogen) atoms. The molecule has 6 nitrogen and oxygen atoms in total. The largest absolute Gasteiger partial charge is 0.380 e. The number of benzene rings is 2. The molecule has 2 fully saturated rings. The van der Waals surface area contributed by atoms with Gasteiger partial charge in [-0.25, -0.2) is 0 Å². The maximum Gasteiger partial charge on any atom is 0.227 e. The fourth-order valence-electron chi connectivity index (χ4n) is 4.53. The van der Waals surface area contributed by atoms with Crippen molar-refractivity contribution in [3.05, 3.63) is 65.3 Å². The van der Waals surface area contributed by atoms with Crippen molar-refractivity contribution in [2.45, 2.75) is 50.9 Å². The number of amides is 1. The van der Waals surface area contributed by atoms with Crippen molar-refractivity contribution in [1.29, 1.82) is 0 Å². The van der Waals surface area contributed by atoms with Gasteiger partial charge in [0, 0.05) is 29.0 Å². The lowest BCUT2D eigenvalue weighted by atomic mass is 9.85. The van der Waals surface area contributed by atoms with Gasteiger partial charge in [0.1, 0.15) is 0 Å². The summed E-state index contributed by atoms with van der Waals surface area (Å²) in [5, 5.41) is 8.35. The highest BCUT2D eigenvalue weighted by atomic mass is 35.5. The van der Waals surface area contributed by atoms with Crippen LogP contribution >= 0.6 is 11.6 Å². The van der Waals surface area contributed by atoms with Gasteiger partial charge < -0.3 is 20.1 Å². The molecule has 2 N–H and O–H groups in total. The predicted octanol–water partition coefficient (Wildman–Crippen LogP) is 5.80. The monoisotopic (exact) mass is 479 g/mol. The number of pyridine rings is 1. The smallest absolute Gasteiger partial charge is 0.227 e. The first-order valence-corrected chi connectivity index (χ1v) is 12.4. The molecule has 2 atom stereocenters. The Kier molecular flexibility index (Phi) is 7.28. The van der Waals surface area contributed by atoms with E-state index < -0.39 is 0 Å². The van der Waals surface area contributed by atoms with Crippen LogP contribution in [0.25, 0.3) is 10.9 Å². The number of aromatic nitrogens is 1. The Morgan fingerprint density at radius 1 is 1.15 bits per heavy atom. The first-order chi connectivity index (χ1) is 16.7. The Bertz CT molecular complexity index is 1140. The van der Waals surface area contributed by atoms with Crippen LogP contribution in [0.5, 0.6) is 0 Å². The van der Waals surface area contributed by atoms with Gasteiger partial charge >= 0.3 is 0 Å². The van der Waals surface area contributed by atoms with E-state index in [1.54, 1.807) is 6.20 Å². The van der Waals surface area contributed by atoms with Crippen LogP contribution in [0.3, 0.4) is 0 Å². The van der Waals surface area contributed by atoms with Gasteiger partial charge in [-0.3, -0.25) is 9.78 Å². The summed E-state index contributed by atoms with van der Waals surface area (Å²) in [4.78, 5) is 17.3. The third kappa shape index (κ3) is 5.52. The van der Waals surface area contributed by atoms with Crippen LogP contribution in [-0.4, -0.2) is 36.3 Å². The number of halogens is 1. The molecule has 3 aromatic rings. The van der Waals surface area contributed by atoms with E-state index >= 15 is 0 Å². The molecule has 1 aromatic heterocycles. The number of fused-ring (bicyclic) bond motifs is 1. The van der Waals surface area contributed by atoms with Gasteiger partial charge in [0.15, 0.2) is 0 Å². The average molecular weight is 480 g/mol. The van der Waals surface area contributed by atoms with Gasteiger partial charge in [-0.2, -0.15) is 0 Å². The van der Waals surface area contributed by atoms with Gasteiger partial charge in [0.2, 0.25) is 5.91 Å². The Hall–Kier alpha value is -2.67. The lowest BCUT2D eigenvalue weighted by molar-refractivity contribution is -0.122. The molecule has 1 aliphatic carbocycles. The molecule has 2 aliphatic rings. The van der Waals surface area contributed by atoms with Gasteiger partial charge in [-0.05, 0) is 49.4 Å². The zero-order chi connectivity index (χ0) is 23.3. The topological polar surface area (TPSA) is 72.5 Å². The second-order valence-corrected chi connectivity index (χ2v) is 9.62. The molecule has 1 saturated heterocycles. The van der Waals surface area contributed by atoms with E-state index in [9.17, 15) is 4.79 Å². The number of hydrogen-bond donors (Lipinski definition) is 2. The van der Waals surface area contributed by atoms with Crippen LogP contribution in [0.1, 0.15) is 37.7 Å². The molecule has 2 heterocycles. The van der Waals surface area contributed by atoms with Crippen LogP contribution in [-0.2, 0) is 20.9 Å². The first kappa shape index (κ1) is 23.1. The Morgan fingerprint density at radius 3 is 2.79 bits per heavy atom. The quantitative estimate of drug-likeness (QED) is 0.427. The minimum absolute atomic E-state index is 0.0136. The van der Waals surface area contributed by atoms with E-state index in [2.05, 4.69) is 27.8 Å². The molecule has 2 aromatic carbocycles. The van der Waals surface area contributed by atoms with E-state index in [0.717, 1.165) is 54.3 Å². The number of hydrogen-bond acceptors (Lipinski definition) is 5. The van der Waals surface area contributed by atoms with Crippen LogP contribution in [0, 0.1) is 5.92 Å². The van der Waals surface area contributed by atoms with Gasteiger partial charge in [0.25, 0.3) is 0 Å². The van der Waals surface area contributed by atoms with Crippen molar-refractivity contribution in [3.63, 3.8) is 0 Å². The fraction of sp³-hybridized carbons (Fsp3) is 0.407. The standard InChI is InChI=1S/C27H30ClN3O3/c28-20-9-10-24-23(13-20)26(25(15-29-24)31-27(32)19-7-4-8-19)30-21-11-12-34-22(14-21)17-33-16-18-5-2-1-3-6-18/h1-3,5-6,9-10,13,15,19,21-22H,4,7-8,11-12,14,16-17H2,(H,29,30)(H,31,32)/t21-,22+/m1/s1. The highest BCUT2D eigenvalue weighted by Crippen LogP contribution is 2.35. The maximum absolute atomic E-state index is 12.7. The third-order valence-corrected chi connectivity index (χ3v) is 6.93. The lowest BCUT2D eigenvalue weighted by Gasteiger charge is -2.32. The lowest BCUT2D eigenvalue weighted by Crippen LogP contribution is -2.37. The van der Waals surface area contributed by atoms with E-state index in [-0.39, 0.29) is 24.0 Å². The fourth-order valence-corrected chi connectivity index (χ4v) is 4.71. The first-order valence-electron chi connectivity index (χ1n) is 12.0. The van der Waals surface area contributed by atoms with Crippen LogP contribution < -0.4 is 10.6 Å². The normalized spacial score (nSPS) is 20.6. The predicted molar refractivity (Wildman–Crippen MR) is 135 cm³/mol. The van der Waals surface area contributed by atoms with Crippen molar-refractivity contribution in [2.24, 2.45) is 5.92 Å². The van der Waals surface area contributed by atoms with E-state index in [0.29, 0.717) is 30.5 Å². The Labute approximate surface area is 205 Å². The van der Waals surface area contributed by atoms with E-state index in [1.165, 1.54) is 0 Å². The molecule has 0 spiro atoms. The van der Waals surface area contributed by atoms with Crippen LogP contribution in [0.15, 0.2) is 54.7 Å². The summed E-state index contributed by atoms with van der Waals surface area (Å²) >= 11 is 6.32. The molecular formula is C27H30ClN3O3. The maximum atomic E-state index is 12.7. The van der Waals surface area contributed by atoms with Gasteiger partial charge in [0.05, 0.1) is 42.4 Å². The average Bonchev–Trinajstić information content (AvgIpc) is 2.80. The molecule has 0 unspecified atom stereocenters. The summed E-state index contributed by atoms with van der Waals surface area (Å²) in [6.07, 6.45) is 6.46. The molecule has 1 saturated carbocycles. The van der Waals surface area contributed by atoms with Crippen molar-refractivity contribution in [2.75, 3.05) is 23.8 Å². The minimum atomic E-state index is 0.0136. The summed E-state index contributed by atoms with van der Waals surface area (Å²) in [5.74, 6) is 0.161. The van der Waals surface area contributed by atoms with Crippen LogP contribution in [0.4, 0.5) is 11.4 Å². The highest BCUT2D eigenvalue weighted by molar-refractivity contribution is 6.31. The number of carbonyl (C=O) groups is 1.